The Bertz CT molecular complexity index is 587. The zero-order valence-corrected chi connectivity index (χ0v) is 12.2. The van der Waals surface area contributed by atoms with E-state index in [0.29, 0.717) is 24.5 Å². The second-order valence-corrected chi connectivity index (χ2v) is 4.69. The highest BCUT2D eigenvalue weighted by Gasteiger charge is 2.22. The van der Waals surface area contributed by atoms with E-state index >= 15 is 0 Å². The van der Waals surface area contributed by atoms with Gasteiger partial charge in [0.25, 0.3) is 0 Å². The summed E-state index contributed by atoms with van der Waals surface area (Å²) in [6.45, 7) is 7.41. The van der Waals surface area contributed by atoms with Crippen LogP contribution in [-0.4, -0.2) is 23.7 Å². The van der Waals surface area contributed by atoms with Crippen LogP contribution in [0.15, 0.2) is 41.3 Å². The van der Waals surface area contributed by atoms with Crippen LogP contribution in [0.5, 0.6) is 0 Å². The number of carbonyl (C=O) groups excluding carboxylic acids is 1. The first-order valence-electron chi connectivity index (χ1n) is 6.90. The van der Waals surface area contributed by atoms with E-state index in [0.717, 1.165) is 5.52 Å². The van der Waals surface area contributed by atoms with Crippen molar-refractivity contribution in [1.82, 2.24) is 4.98 Å². The lowest BCUT2D eigenvalue weighted by molar-refractivity contribution is -0.162. The third-order valence-corrected chi connectivity index (χ3v) is 2.97. The summed E-state index contributed by atoms with van der Waals surface area (Å²) in [6.07, 6.45) is 1.24. The monoisotopic (exact) mass is 289 g/mol. The first kappa shape index (κ1) is 15.3. The van der Waals surface area contributed by atoms with Crippen molar-refractivity contribution >= 4 is 17.1 Å². The van der Waals surface area contributed by atoms with E-state index in [2.05, 4.69) is 11.6 Å². The Morgan fingerprint density at radius 2 is 2.19 bits per heavy atom. The highest BCUT2D eigenvalue weighted by molar-refractivity contribution is 5.75. The summed E-state index contributed by atoms with van der Waals surface area (Å²) < 4.78 is 16.2. The van der Waals surface area contributed by atoms with Crippen molar-refractivity contribution < 1.29 is 18.7 Å². The highest BCUT2D eigenvalue weighted by atomic mass is 16.6. The number of fused-ring (bicyclic) bond motifs is 1. The Kier molecular flexibility index (Phi) is 5.11. The lowest BCUT2D eigenvalue weighted by Crippen LogP contribution is -2.25. The molecule has 112 valence electrons. The van der Waals surface area contributed by atoms with Crippen LogP contribution in [0.2, 0.25) is 0 Å². The molecule has 0 fully saturated rings. The summed E-state index contributed by atoms with van der Waals surface area (Å²) in [5.74, 6) is -0.0586. The van der Waals surface area contributed by atoms with Crippen LogP contribution in [-0.2, 0) is 14.3 Å². The van der Waals surface area contributed by atoms with Gasteiger partial charge in [0.2, 0.25) is 5.89 Å². The average molecular weight is 289 g/mol. The third kappa shape index (κ3) is 3.92. The molecule has 1 aromatic carbocycles. The molecule has 2 atom stereocenters. The van der Waals surface area contributed by atoms with Crippen LogP contribution in [0, 0.1) is 0 Å². The quantitative estimate of drug-likeness (QED) is 0.444. The number of oxazole rings is 1. The predicted molar refractivity (Wildman–Crippen MR) is 78.7 cm³/mol. The molecule has 0 saturated heterocycles. The van der Waals surface area contributed by atoms with Crippen molar-refractivity contribution in [3.05, 3.63) is 42.8 Å². The standard InChI is InChI=1S/C16H19NO4/c1-4-5-10-19-12(3)16(18)20-11(2)15-17-13-8-6-7-9-14(13)21-15/h4,6-9,11-12H,1,5,10H2,2-3H3. The maximum Gasteiger partial charge on any atom is 0.335 e. The number of nitrogens with zero attached hydrogens (tertiary/aromatic N) is 1. The lowest BCUT2D eigenvalue weighted by Gasteiger charge is -2.14. The zero-order chi connectivity index (χ0) is 15.2. The van der Waals surface area contributed by atoms with E-state index < -0.39 is 18.2 Å². The van der Waals surface area contributed by atoms with Crippen molar-refractivity contribution in [2.45, 2.75) is 32.5 Å². The predicted octanol–water partition coefficient (Wildman–Crippen LogP) is 3.41. The summed E-state index contributed by atoms with van der Waals surface area (Å²) in [7, 11) is 0. The van der Waals surface area contributed by atoms with Gasteiger partial charge in [-0.25, -0.2) is 9.78 Å². The Hall–Kier alpha value is -2.14. The molecule has 0 aliphatic heterocycles. The second-order valence-electron chi connectivity index (χ2n) is 4.69. The molecule has 0 N–H and O–H groups in total. The third-order valence-electron chi connectivity index (χ3n) is 2.97. The Labute approximate surface area is 123 Å². The molecule has 1 aromatic heterocycles. The summed E-state index contributed by atoms with van der Waals surface area (Å²) >= 11 is 0. The van der Waals surface area contributed by atoms with Crippen LogP contribution in [0.1, 0.15) is 32.3 Å². The number of benzene rings is 1. The Morgan fingerprint density at radius 1 is 1.43 bits per heavy atom. The fraction of sp³-hybridized carbons (Fsp3) is 0.375. The molecule has 0 bridgehead atoms. The van der Waals surface area contributed by atoms with E-state index in [4.69, 9.17) is 13.9 Å². The van der Waals surface area contributed by atoms with Crippen LogP contribution in [0.3, 0.4) is 0 Å². The molecule has 0 saturated carbocycles. The first-order chi connectivity index (χ1) is 10.1. The smallest absolute Gasteiger partial charge is 0.335 e. The molecule has 0 amide bonds. The topological polar surface area (TPSA) is 61.6 Å². The van der Waals surface area contributed by atoms with E-state index in [1.54, 1.807) is 19.9 Å². The number of esters is 1. The maximum atomic E-state index is 11.9. The van der Waals surface area contributed by atoms with Crippen LogP contribution < -0.4 is 0 Å². The highest BCUT2D eigenvalue weighted by Crippen LogP contribution is 2.22. The van der Waals surface area contributed by atoms with Gasteiger partial charge in [-0.05, 0) is 32.4 Å². The van der Waals surface area contributed by atoms with Gasteiger partial charge in [-0.1, -0.05) is 18.2 Å². The van der Waals surface area contributed by atoms with Gasteiger partial charge in [-0.2, -0.15) is 0 Å². The molecule has 21 heavy (non-hydrogen) atoms. The summed E-state index contributed by atoms with van der Waals surface area (Å²) in [5.41, 5.74) is 1.41. The molecule has 1 heterocycles. The molecule has 2 rings (SSSR count). The molecule has 5 nitrogen and oxygen atoms in total. The number of aromatic nitrogens is 1. The van der Waals surface area contributed by atoms with E-state index in [-0.39, 0.29) is 0 Å². The first-order valence-corrected chi connectivity index (χ1v) is 6.90. The second kappa shape index (κ2) is 7.04. The fourth-order valence-corrected chi connectivity index (χ4v) is 1.78. The summed E-state index contributed by atoms with van der Waals surface area (Å²) in [6, 6.07) is 7.41. The van der Waals surface area contributed by atoms with Gasteiger partial charge in [-0.15, -0.1) is 6.58 Å². The van der Waals surface area contributed by atoms with Crippen LogP contribution in [0.4, 0.5) is 0 Å². The van der Waals surface area contributed by atoms with Crippen molar-refractivity contribution in [1.29, 1.82) is 0 Å². The molecule has 0 aliphatic rings. The minimum Gasteiger partial charge on any atom is -0.451 e. The SMILES string of the molecule is C=CCCOC(C)C(=O)OC(C)c1nc2ccccc2o1. The summed E-state index contributed by atoms with van der Waals surface area (Å²) in [4.78, 5) is 16.2. The van der Waals surface area contributed by atoms with Gasteiger partial charge in [0.1, 0.15) is 5.52 Å². The lowest BCUT2D eigenvalue weighted by atomic mass is 10.3. The molecular weight excluding hydrogens is 270 g/mol. The maximum absolute atomic E-state index is 11.9. The number of ether oxygens (including phenoxy) is 2. The summed E-state index contributed by atoms with van der Waals surface area (Å²) in [5, 5.41) is 0. The molecular formula is C16H19NO4. The zero-order valence-electron chi connectivity index (χ0n) is 12.2. The fourth-order valence-electron chi connectivity index (χ4n) is 1.78. The normalized spacial score (nSPS) is 13.8. The van der Waals surface area contributed by atoms with Gasteiger partial charge >= 0.3 is 5.97 Å². The largest absolute Gasteiger partial charge is 0.451 e. The van der Waals surface area contributed by atoms with Crippen molar-refractivity contribution in [2.24, 2.45) is 0 Å². The molecule has 0 aliphatic carbocycles. The van der Waals surface area contributed by atoms with E-state index in [9.17, 15) is 4.79 Å². The molecule has 2 unspecified atom stereocenters. The Balaban J connectivity index is 1.95. The minimum absolute atomic E-state index is 0.378. The van der Waals surface area contributed by atoms with Gasteiger partial charge in [0.15, 0.2) is 17.8 Å². The molecule has 0 radical (unpaired) electrons. The number of rotatable bonds is 7. The molecule has 2 aromatic rings. The van der Waals surface area contributed by atoms with Crippen molar-refractivity contribution in [2.75, 3.05) is 6.61 Å². The molecule has 0 spiro atoms. The number of hydrogen-bond donors (Lipinski definition) is 0. The average Bonchev–Trinajstić information content (AvgIpc) is 2.91. The van der Waals surface area contributed by atoms with Gasteiger partial charge in [0.05, 0.1) is 6.61 Å². The number of carbonyl (C=O) groups is 1. The van der Waals surface area contributed by atoms with Crippen LogP contribution >= 0.6 is 0 Å². The van der Waals surface area contributed by atoms with E-state index in [1.807, 2.05) is 24.3 Å². The number of hydrogen-bond acceptors (Lipinski definition) is 5. The Morgan fingerprint density at radius 3 is 2.90 bits per heavy atom. The van der Waals surface area contributed by atoms with Gasteiger partial charge in [-0.3, -0.25) is 0 Å². The van der Waals surface area contributed by atoms with Crippen LogP contribution in [0.25, 0.3) is 11.1 Å². The molecule has 5 heteroatoms. The number of para-hydroxylation sites is 2. The minimum atomic E-state index is -0.628. The van der Waals surface area contributed by atoms with Gasteiger partial charge < -0.3 is 13.9 Å². The van der Waals surface area contributed by atoms with Gasteiger partial charge in [0, 0.05) is 0 Å². The van der Waals surface area contributed by atoms with E-state index in [1.165, 1.54) is 0 Å². The van der Waals surface area contributed by atoms with Crippen molar-refractivity contribution in [3.8, 4) is 0 Å². The van der Waals surface area contributed by atoms with Crippen molar-refractivity contribution in [3.63, 3.8) is 0 Å².